The first-order chi connectivity index (χ1) is 12.2. The van der Waals surface area contributed by atoms with Gasteiger partial charge in [-0.3, -0.25) is 4.79 Å². The fourth-order valence-corrected chi connectivity index (χ4v) is 6.67. The van der Waals surface area contributed by atoms with Gasteiger partial charge in [-0.2, -0.15) is 0 Å². The second-order valence-corrected chi connectivity index (χ2v) is 10.5. The lowest BCUT2D eigenvalue weighted by Gasteiger charge is -2.50. The molecule has 4 rings (SSSR count). The topological polar surface area (TPSA) is 38.8 Å². The third kappa shape index (κ3) is 3.40. The van der Waals surface area contributed by atoms with Gasteiger partial charge < -0.3 is 30.9 Å². The minimum Gasteiger partial charge on any atom is -1.00 e. The number of ether oxygens (including phenoxy) is 2. The van der Waals surface area contributed by atoms with Crippen LogP contribution >= 0.6 is 0 Å². The maximum atomic E-state index is 13.1. The van der Waals surface area contributed by atoms with Crippen LogP contribution in [0.3, 0.4) is 0 Å². The van der Waals surface area contributed by atoms with E-state index in [1.54, 1.807) is 0 Å². The lowest BCUT2D eigenvalue weighted by atomic mass is 9.55. The van der Waals surface area contributed by atoms with Gasteiger partial charge in [0.1, 0.15) is 17.6 Å². The van der Waals surface area contributed by atoms with Gasteiger partial charge in [0.25, 0.3) is 0 Å². The first-order valence-electron chi connectivity index (χ1n) is 11.0. The largest absolute Gasteiger partial charge is 1.00 e. The number of unbranched alkanes of at least 4 members (excludes halogenated alkanes) is 2. The zero-order valence-corrected chi connectivity index (χ0v) is 19.4. The van der Waals surface area contributed by atoms with E-state index in [4.69, 9.17) is 9.47 Å². The van der Waals surface area contributed by atoms with Gasteiger partial charge in [-0.25, -0.2) is 0 Å². The number of halogens is 1. The molecule has 2 heterocycles. The van der Waals surface area contributed by atoms with E-state index in [0.29, 0.717) is 17.8 Å². The van der Waals surface area contributed by atoms with Crippen molar-refractivity contribution < 1.29 is 35.7 Å². The lowest BCUT2D eigenvalue weighted by Crippen LogP contribution is -3.00. The molecule has 156 valence electrons. The molecule has 0 aromatic carbocycles. The van der Waals surface area contributed by atoms with Gasteiger partial charge in [-0.15, -0.1) is 0 Å². The molecule has 0 radical (unpaired) electrons. The van der Waals surface area contributed by atoms with Crippen LogP contribution in [0.5, 0.6) is 0 Å². The average Bonchev–Trinajstić information content (AvgIpc) is 3.19. The van der Waals surface area contributed by atoms with Crippen molar-refractivity contribution >= 4 is 5.97 Å². The molecular weight excluding hydrogens is 406 g/mol. The first kappa shape index (κ1) is 21.6. The number of fused-ring (bicyclic) bond motifs is 1. The molecule has 1 spiro atoms. The fourth-order valence-electron chi connectivity index (χ4n) is 6.67. The van der Waals surface area contributed by atoms with Crippen molar-refractivity contribution in [2.75, 3.05) is 27.2 Å². The molecule has 0 N–H and O–H groups in total. The van der Waals surface area contributed by atoms with E-state index < -0.39 is 0 Å². The Morgan fingerprint density at radius 1 is 1.15 bits per heavy atom. The lowest BCUT2D eigenvalue weighted by molar-refractivity contribution is -0.893. The molecule has 2 aliphatic carbocycles. The third-order valence-electron chi connectivity index (χ3n) is 8.15. The molecule has 7 atom stereocenters. The minimum atomic E-state index is -0.324. The summed E-state index contributed by atoms with van der Waals surface area (Å²) in [5, 5.41) is 0. The fraction of sp³-hybridized carbons (Fsp3) is 0.955. The number of rotatable bonds is 6. The number of hydrogen-bond acceptors (Lipinski definition) is 3. The van der Waals surface area contributed by atoms with Crippen LogP contribution in [0.4, 0.5) is 0 Å². The van der Waals surface area contributed by atoms with Gasteiger partial charge in [0.2, 0.25) is 0 Å². The Kier molecular flexibility index (Phi) is 5.82. The molecule has 3 unspecified atom stereocenters. The van der Waals surface area contributed by atoms with E-state index in [-0.39, 0.29) is 46.2 Å². The second kappa shape index (κ2) is 7.28. The Morgan fingerprint density at radius 2 is 1.89 bits per heavy atom. The van der Waals surface area contributed by atoms with Gasteiger partial charge in [0, 0.05) is 11.8 Å². The summed E-state index contributed by atoms with van der Waals surface area (Å²) in [7, 11) is 4.57. The maximum Gasteiger partial charge on any atom is 0.315 e. The van der Waals surface area contributed by atoms with Crippen LogP contribution < -0.4 is 17.0 Å². The second-order valence-electron chi connectivity index (χ2n) is 10.5. The highest BCUT2D eigenvalue weighted by Crippen LogP contribution is 2.66. The monoisotopic (exact) mass is 443 g/mol. The molecule has 0 aromatic rings. The van der Waals surface area contributed by atoms with Crippen molar-refractivity contribution in [2.45, 2.75) is 83.0 Å². The number of nitrogens with zero attached hydrogens (tertiary/aromatic N) is 1. The Labute approximate surface area is 175 Å². The number of carbonyl (C=O) groups excluding carboxylic acids is 1. The van der Waals surface area contributed by atoms with Gasteiger partial charge in [-0.05, 0) is 51.4 Å². The SMILES string of the molecule is CCCCC[N+](C)(C)CC1C(=O)O[C@@]23C1CC[C@@H](C)C2CC[C@@]1(C)O[C@@H]31.[Br-]. The summed E-state index contributed by atoms with van der Waals surface area (Å²) in [6, 6.07) is 0. The van der Waals surface area contributed by atoms with Crippen LogP contribution in [-0.2, 0) is 14.3 Å². The standard InChI is InChI=1S/C22H38NO3.BrH/c1-6-7-8-13-23(4,5)14-16-18-10-9-15(2)17-11-12-21(3)20(26-21)22(17,18)25-19(16)24;/h15-18,20H,6-14H2,1-5H3;1H/q+1;/p-1/t15-,16?,17?,18?,20-,21-,22-;/m1./s1. The zero-order chi connectivity index (χ0) is 18.7. The number of quaternary nitrogens is 1. The molecule has 4 aliphatic rings. The molecule has 0 amide bonds. The van der Waals surface area contributed by atoms with Crippen LogP contribution in [0.15, 0.2) is 0 Å². The van der Waals surface area contributed by atoms with Crippen molar-refractivity contribution in [2.24, 2.45) is 23.7 Å². The molecule has 2 saturated carbocycles. The van der Waals surface area contributed by atoms with Crippen molar-refractivity contribution in [3.63, 3.8) is 0 Å². The van der Waals surface area contributed by atoms with Crippen LogP contribution in [0.25, 0.3) is 0 Å². The van der Waals surface area contributed by atoms with Crippen molar-refractivity contribution in [1.29, 1.82) is 0 Å². The van der Waals surface area contributed by atoms with E-state index in [1.807, 2.05) is 0 Å². The van der Waals surface area contributed by atoms with Crippen LogP contribution in [0.2, 0.25) is 0 Å². The Balaban J connectivity index is 0.00000210. The number of carbonyl (C=O) groups is 1. The van der Waals surface area contributed by atoms with E-state index in [0.717, 1.165) is 36.8 Å². The quantitative estimate of drug-likeness (QED) is 0.263. The summed E-state index contributed by atoms with van der Waals surface area (Å²) in [6.45, 7) is 8.90. The van der Waals surface area contributed by atoms with Crippen LogP contribution in [-0.4, -0.2) is 54.9 Å². The normalized spacial score (nSPS) is 45.2. The molecular formula is C22H38BrNO3. The predicted molar refractivity (Wildman–Crippen MR) is 102 cm³/mol. The first-order valence-corrected chi connectivity index (χ1v) is 11.0. The van der Waals surface area contributed by atoms with E-state index in [1.165, 1.54) is 25.7 Å². The molecule has 27 heavy (non-hydrogen) atoms. The summed E-state index contributed by atoms with van der Waals surface area (Å²) in [6.07, 6.45) is 8.54. The molecule has 2 saturated heterocycles. The van der Waals surface area contributed by atoms with E-state index in [9.17, 15) is 4.79 Å². The number of hydrogen-bond donors (Lipinski definition) is 0. The minimum absolute atomic E-state index is 0. The van der Waals surface area contributed by atoms with Gasteiger partial charge >= 0.3 is 5.97 Å². The van der Waals surface area contributed by atoms with Crippen LogP contribution in [0, 0.1) is 23.7 Å². The summed E-state index contributed by atoms with van der Waals surface area (Å²) >= 11 is 0. The molecule has 5 heteroatoms. The summed E-state index contributed by atoms with van der Waals surface area (Å²) < 4.78 is 13.5. The Bertz CT molecular complexity index is 582. The molecule has 4 nitrogen and oxygen atoms in total. The molecule has 0 aromatic heterocycles. The number of epoxide rings is 1. The Morgan fingerprint density at radius 3 is 2.59 bits per heavy atom. The predicted octanol–water partition coefficient (Wildman–Crippen LogP) is 0.782. The molecule has 0 bridgehead atoms. The van der Waals surface area contributed by atoms with Gasteiger partial charge in [0.15, 0.2) is 0 Å². The highest BCUT2D eigenvalue weighted by molar-refractivity contribution is 5.77. The Hall–Kier alpha value is -0.130. The highest BCUT2D eigenvalue weighted by Gasteiger charge is 2.77. The number of esters is 1. The average molecular weight is 444 g/mol. The van der Waals surface area contributed by atoms with Crippen LogP contribution in [0.1, 0.15) is 65.7 Å². The zero-order valence-electron chi connectivity index (χ0n) is 17.8. The van der Waals surface area contributed by atoms with Crippen molar-refractivity contribution in [3.8, 4) is 0 Å². The summed E-state index contributed by atoms with van der Waals surface area (Å²) in [4.78, 5) is 13.1. The van der Waals surface area contributed by atoms with Crippen molar-refractivity contribution in [3.05, 3.63) is 0 Å². The molecule has 4 fully saturated rings. The summed E-state index contributed by atoms with van der Waals surface area (Å²) in [5.41, 5.74) is -0.359. The summed E-state index contributed by atoms with van der Waals surface area (Å²) in [5.74, 6) is 1.60. The molecule has 2 aliphatic heterocycles. The van der Waals surface area contributed by atoms with E-state index >= 15 is 0 Å². The maximum absolute atomic E-state index is 13.1. The van der Waals surface area contributed by atoms with Crippen molar-refractivity contribution in [1.82, 2.24) is 0 Å². The van der Waals surface area contributed by atoms with Gasteiger partial charge in [0.05, 0.1) is 32.8 Å². The van der Waals surface area contributed by atoms with E-state index in [2.05, 4.69) is 34.9 Å². The highest BCUT2D eigenvalue weighted by atomic mass is 79.9. The smallest absolute Gasteiger partial charge is 0.315 e. The third-order valence-corrected chi connectivity index (χ3v) is 8.15. The van der Waals surface area contributed by atoms with Gasteiger partial charge in [-0.1, -0.05) is 20.3 Å².